The molecule has 3 N–H and O–H groups in total. The van der Waals surface area contributed by atoms with E-state index in [1.165, 1.54) is 5.01 Å². The van der Waals surface area contributed by atoms with Gasteiger partial charge in [0.2, 0.25) is 0 Å². The summed E-state index contributed by atoms with van der Waals surface area (Å²) >= 11 is 0. The number of aromatic nitrogens is 2. The molecule has 0 saturated carbocycles. The number of hydrazine groups is 1. The Labute approximate surface area is 221 Å². The van der Waals surface area contributed by atoms with Crippen LogP contribution in [0.15, 0.2) is 42.5 Å². The van der Waals surface area contributed by atoms with Gasteiger partial charge in [-0.1, -0.05) is 24.3 Å². The zero-order valence-corrected chi connectivity index (χ0v) is 22.0. The number of urea groups is 1. The van der Waals surface area contributed by atoms with Crippen LogP contribution in [0.3, 0.4) is 0 Å². The third-order valence-electron chi connectivity index (χ3n) is 8.11. The first kappa shape index (κ1) is 24.6. The number of amides is 2. The van der Waals surface area contributed by atoms with Crippen LogP contribution in [0.4, 0.5) is 16.2 Å². The summed E-state index contributed by atoms with van der Waals surface area (Å²) in [4.78, 5) is 31.3. The number of nitrogens with zero attached hydrogens (tertiary/aromatic N) is 5. The number of morpholine rings is 1. The van der Waals surface area contributed by atoms with E-state index in [-0.39, 0.29) is 5.78 Å². The highest BCUT2D eigenvalue weighted by Crippen LogP contribution is 2.44. The van der Waals surface area contributed by atoms with Crippen molar-refractivity contribution < 1.29 is 14.3 Å². The molecule has 0 bridgehead atoms. The van der Waals surface area contributed by atoms with Crippen LogP contribution < -0.4 is 15.6 Å². The normalized spacial score (nSPS) is 21.9. The molecule has 3 heterocycles. The van der Waals surface area contributed by atoms with E-state index in [9.17, 15) is 9.59 Å². The lowest BCUT2D eigenvalue weighted by Crippen LogP contribution is -2.55. The molecule has 2 amide bonds. The fourth-order valence-corrected chi connectivity index (χ4v) is 5.86. The van der Waals surface area contributed by atoms with Crippen LogP contribution in [0.2, 0.25) is 0 Å². The number of likely N-dealkylation sites (N-methyl/N-ethyl adjacent to an activating group) is 1. The highest BCUT2D eigenvalue weighted by Gasteiger charge is 2.38. The number of carbonyl (C=O) groups is 2. The summed E-state index contributed by atoms with van der Waals surface area (Å²) in [5, 5.41) is 10.9. The highest BCUT2D eigenvalue weighted by molar-refractivity contribution is 6.27. The van der Waals surface area contributed by atoms with Gasteiger partial charge in [-0.05, 0) is 39.1 Å². The SMILES string of the molecule is C[C@@H]1CN(c2ccc(-c3[nH]nc4c3C(=O)c3c-4cccc3N(C(N)=O)N3CCOCC3)cc2)C[C@H](C)N1C. The second kappa shape index (κ2) is 9.54. The molecule has 3 aliphatic rings. The Morgan fingerprint density at radius 3 is 2.39 bits per heavy atom. The number of ketones is 1. The zero-order valence-electron chi connectivity index (χ0n) is 22.0. The average Bonchev–Trinajstić information content (AvgIpc) is 3.48. The Kier molecular flexibility index (Phi) is 6.17. The number of anilines is 2. The minimum absolute atomic E-state index is 0.167. The largest absolute Gasteiger partial charge is 0.379 e. The van der Waals surface area contributed by atoms with Gasteiger partial charge in [-0.15, -0.1) is 0 Å². The van der Waals surface area contributed by atoms with E-state index in [1.807, 2.05) is 29.3 Å². The number of nitrogens with two attached hydrogens (primary N) is 1. The predicted molar refractivity (Wildman–Crippen MR) is 146 cm³/mol. The van der Waals surface area contributed by atoms with Crippen molar-refractivity contribution in [3.05, 3.63) is 53.6 Å². The fraction of sp³-hybridized carbons (Fsp3) is 0.393. The molecule has 0 unspecified atom stereocenters. The van der Waals surface area contributed by atoms with Gasteiger partial charge in [0.15, 0.2) is 5.78 Å². The molecule has 2 aliphatic heterocycles. The van der Waals surface area contributed by atoms with E-state index in [4.69, 9.17) is 10.5 Å². The van der Waals surface area contributed by atoms with Crippen molar-refractivity contribution in [1.82, 2.24) is 20.1 Å². The van der Waals surface area contributed by atoms with E-state index in [2.05, 4.69) is 53.0 Å². The maximum absolute atomic E-state index is 13.9. The molecular formula is C28H33N7O3. The fourth-order valence-electron chi connectivity index (χ4n) is 5.86. The monoisotopic (exact) mass is 515 g/mol. The van der Waals surface area contributed by atoms with Crippen molar-refractivity contribution in [3.8, 4) is 22.5 Å². The highest BCUT2D eigenvalue weighted by atomic mass is 16.5. The molecule has 0 radical (unpaired) electrons. The number of ether oxygens (including phenoxy) is 1. The molecule has 2 atom stereocenters. The first-order valence-corrected chi connectivity index (χ1v) is 13.1. The van der Waals surface area contributed by atoms with Crippen molar-refractivity contribution >= 4 is 23.2 Å². The third-order valence-corrected chi connectivity index (χ3v) is 8.11. The maximum atomic E-state index is 13.9. The second-order valence-electron chi connectivity index (χ2n) is 10.4. The van der Waals surface area contributed by atoms with Crippen LogP contribution in [-0.4, -0.2) is 90.4 Å². The summed E-state index contributed by atoms with van der Waals surface area (Å²) in [6, 6.07) is 14.1. The van der Waals surface area contributed by atoms with Gasteiger partial charge in [0.1, 0.15) is 5.69 Å². The van der Waals surface area contributed by atoms with Gasteiger partial charge in [0.25, 0.3) is 0 Å². The van der Waals surface area contributed by atoms with E-state index in [0.29, 0.717) is 72.2 Å². The summed E-state index contributed by atoms with van der Waals surface area (Å²) in [5.74, 6) is -0.167. The van der Waals surface area contributed by atoms with Gasteiger partial charge in [-0.25, -0.2) is 14.8 Å². The molecule has 2 fully saturated rings. The maximum Gasteiger partial charge on any atom is 0.334 e. The molecule has 38 heavy (non-hydrogen) atoms. The first-order chi connectivity index (χ1) is 18.3. The minimum atomic E-state index is -0.637. The molecule has 10 heteroatoms. The number of hydrogen-bond acceptors (Lipinski definition) is 7. The molecular weight excluding hydrogens is 482 g/mol. The second-order valence-corrected chi connectivity index (χ2v) is 10.4. The Bertz CT molecular complexity index is 1370. The molecule has 1 aromatic heterocycles. The topological polar surface area (TPSA) is 111 Å². The molecule has 198 valence electrons. The summed E-state index contributed by atoms with van der Waals surface area (Å²) in [7, 11) is 2.18. The number of fused-ring (bicyclic) bond motifs is 3. The number of piperazine rings is 1. The molecule has 10 nitrogen and oxygen atoms in total. The lowest BCUT2D eigenvalue weighted by Gasteiger charge is -2.43. The lowest BCUT2D eigenvalue weighted by molar-refractivity contribution is 0.0364. The van der Waals surface area contributed by atoms with Gasteiger partial charge in [0, 0.05) is 55.1 Å². The molecule has 2 aromatic carbocycles. The van der Waals surface area contributed by atoms with Gasteiger partial charge in [-0.3, -0.25) is 14.8 Å². The Morgan fingerprint density at radius 2 is 1.74 bits per heavy atom. The number of aromatic amines is 1. The number of nitrogens with one attached hydrogen (secondary N) is 1. The number of hydrogen-bond donors (Lipinski definition) is 2. The standard InChI is InChI=1S/C28H33N7O3/c1-17-15-33(16-18(2)32(17)3)20-9-7-19(8-10-20)25-24-26(31-30-25)21-5-4-6-22(23(21)27(24)36)35(28(29)37)34-11-13-38-14-12-34/h4-10,17-18H,11-16H2,1-3H3,(H2,29,37)(H,30,31)/t17-,18+. The molecule has 2 saturated heterocycles. The molecule has 6 rings (SSSR count). The zero-order chi connectivity index (χ0) is 26.6. The summed E-state index contributed by atoms with van der Waals surface area (Å²) < 4.78 is 5.44. The molecule has 0 spiro atoms. The van der Waals surface area contributed by atoms with Crippen molar-refractivity contribution in [2.75, 3.05) is 56.3 Å². The van der Waals surface area contributed by atoms with Crippen molar-refractivity contribution in [2.24, 2.45) is 5.73 Å². The van der Waals surface area contributed by atoms with Gasteiger partial charge < -0.3 is 15.4 Å². The van der Waals surface area contributed by atoms with Crippen molar-refractivity contribution in [2.45, 2.75) is 25.9 Å². The number of rotatable bonds is 4. The molecule has 1 aliphatic carbocycles. The van der Waals surface area contributed by atoms with Crippen LogP contribution in [-0.2, 0) is 4.74 Å². The Morgan fingerprint density at radius 1 is 1.05 bits per heavy atom. The Balaban J connectivity index is 1.32. The van der Waals surface area contributed by atoms with E-state index < -0.39 is 6.03 Å². The third kappa shape index (κ3) is 3.96. The van der Waals surface area contributed by atoms with Crippen LogP contribution in [0.5, 0.6) is 0 Å². The van der Waals surface area contributed by atoms with Crippen LogP contribution >= 0.6 is 0 Å². The van der Waals surface area contributed by atoms with Crippen molar-refractivity contribution in [3.63, 3.8) is 0 Å². The quantitative estimate of drug-likeness (QED) is 0.430. The smallest absolute Gasteiger partial charge is 0.334 e. The number of H-pyrrole nitrogens is 1. The summed E-state index contributed by atoms with van der Waals surface area (Å²) in [5.41, 5.74) is 11.3. The van der Waals surface area contributed by atoms with Crippen LogP contribution in [0, 0.1) is 0 Å². The lowest BCUT2D eigenvalue weighted by atomic mass is 10.0. The van der Waals surface area contributed by atoms with Crippen LogP contribution in [0.25, 0.3) is 22.5 Å². The van der Waals surface area contributed by atoms with E-state index in [1.54, 1.807) is 6.07 Å². The van der Waals surface area contributed by atoms with Gasteiger partial charge in [0.05, 0.1) is 35.7 Å². The average molecular weight is 516 g/mol. The Hall–Kier alpha value is -3.73. The van der Waals surface area contributed by atoms with E-state index >= 15 is 0 Å². The molecule has 3 aromatic rings. The summed E-state index contributed by atoms with van der Waals surface area (Å²) in [6.07, 6.45) is 0. The van der Waals surface area contributed by atoms with Crippen LogP contribution in [0.1, 0.15) is 29.8 Å². The summed E-state index contributed by atoms with van der Waals surface area (Å²) in [6.45, 7) is 8.43. The number of carbonyl (C=O) groups excluding carboxylic acids is 2. The first-order valence-electron chi connectivity index (χ1n) is 13.1. The van der Waals surface area contributed by atoms with E-state index in [0.717, 1.165) is 24.3 Å². The minimum Gasteiger partial charge on any atom is -0.379 e. The number of primary amides is 1. The number of benzene rings is 2. The van der Waals surface area contributed by atoms with Crippen molar-refractivity contribution in [1.29, 1.82) is 0 Å². The van der Waals surface area contributed by atoms with Gasteiger partial charge in [-0.2, -0.15) is 5.10 Å². The predicted octanol–water partition coefficient (Wildman–Crippen LogP) is 2.95. The van der Waals surface area contributed by atoms with Gasteiger partial charge >= 0.3 is 6.03 Å².